The number of aryl methyl sites for hydroxylation is 1. The van der Waals surface area contributed by atoms with Crippen molar-refractivity contribution in [2.75, 3.05) is 6.54 Å². The molecular formula is C14H24N4O2. The molecule has 20 heavy (non-hydrogen) atoms. The molecule has 0 aromatic carbocycles. The van der Waals surface area contributed by atoms with Gasteiger partial charge in [0.05, 0.1) is 5.92 Å². The van der Waals surface area contributed by atoms with Gasteiger partial charge in [-0.1, -0.05) is 24.9 Å². The SMILES string of the molecule is CCc1nc(CCNC(=O)C2CCCCC2(C)N)no1. The minimum absolute atomic E-state index is 0.0499. The van der Waals surface area contributed by atoms with Crippen LogP contribution in [-0.2, 0) is 17.6 Å². The molecule has 1 heterocycles. The first-order valence-corrected chi connectivity index (χ1v) is 7.41. The molecule has 1 aromatic heterocycles. The number of carbonyl (C=O) groups is 1. The Morgan fingerprint density at radius 3 is 3.00 bits per heavy atom. The van der Waals surface area contributed by atoms with E-state index in [1.165, 1.54) is 0 Å². The van der Waals surface area contributed by atoms with E-state index in [9.17, 15) is 4.79 Å². The van der Waals surface area contributed by atoms with Crippen LogP contribution in [0.25, 0.3) is 0 Å². The van der Waals surface area contributed by atoms with E-state index in [4.69, 9.17) is 10.3 Å². The van der Waals surface area contributed by atoms with Crippen molar-refractivity contribution >= 4 is 5.91 Å². The van der Waals surface area contributed by atoms with E-state index >= 15 is 0 Å². The molecule has 0 radical (unpaired) electrons. The summed E-state index contributed by atoms with van der Waals surface area (Å²) < 4.78 is 5.03. The lowest BCUT2D eigenvalue weighted by Gasteiger charge is -2.37. The highest BCUT2D eigenvalue weighted by Crippen LogP contribution is 2.31. The molecule has 1 saturated carbocycles. The third-order valence-electron chi connectivity index (χ3n) is 4.03. The summed E-state index contributed by atoms with van der Waals surface area (Å²) in [6.45, 7) is 4.46. The quantitative estimate of drug-likeness (QED) is 0.845. The minimum atomic E-state index is -0.385. The highest BCUT2D eigenvalue weighted by Gasteiger charge is 2.37. The van der Waals surface area contributed by atoms with E-state index in [0.29, 0.717) is 24.7 Å². The van der Waals surface area contributed by atoms with Gasteiger partial charge < -0.3 is 15.6 Å². The van der Waals surface area contributed by atoms with Gasteiger partial charge in [0, 0.05) is 24.9 Å². The van der Waals surface area contributed by atoms with Gasteiger partial charge in [0.15, 0.2) is 5.82 Å². The second-order valence-corrected chi connectivity index (χ2v) is 5.80. The van der Waals surface area contributed by atoms with Crippen LogP contribution in [0.1, 0.15) is 51.2 Å². The summed E-state index contributed by atoms with van der Waals surface area (Å²) in [7, 11) is 0. The topological polar surface area (TPSA) is 94.0 Å². The number of amides is 1. The molecule has 2 rings (SSSR count). The molecule has 1 aromatic rings. The molecule has 1 fully saturated rings. The Bertz CT molecular complexity index is 456. The molecule has 1 amide bonds. The summed E-state index contributed by atoms with van der Waals surface area (Å²) in [6, 6.07) is 0. The zero-order valence-electron chi connectivity index (χ0n) is 12.3. The second-order valence-electron chi connectivity index (χ2n) is 5.80. The molecule has 6 nitrogen and oxygen atoms in total. The molecule has 0 spiro atoms. The van der Waals surface area contributed by atoms with Gasteiger partial charge in [-0.05, 0) is 19.8 Å². The third-order valence-corrected chi connectivity index (χ3v) is 4.03. The molecule has 0 aliphatic heterocycles. The lowest BCUT2D eigenvalue weighted by molar-refractivity contribution is -0.128. The molecule has 0 saturated heterocycles. The van der Waals surface area contributed by atoms with E-state index in [0.717, 1.165) is 32.1 Å². The first kappa shape index (κ1) is 15.0. The molecule has 1 aliphatic carbocycles. The summed E-state index contributed by atoms with van der Waals surface area (Å²) >= 11 is 0. The van der Waals surface area contributed by atoms with Crippen molar-refractivity contribution in [3.05, 3.63) is 11.7 Å². The van der Waals surface area contributed by atoms with Crippen LogP contribution in [0.5, 0.6) is 0 Å². The summed E-state index contributed by atoms with van der Waals surface area (Å²) in [5.41, 5.74) is 5.84. The Morgan fingerprint density at radius 2 is 2.35 bits per heavy atom. The number of nitrogens with one attached hydrogen (secondary N) is 1. The molecule has 1 aliphatic rings. The molecule has 112 valence electrons. The minimum Gasteiger partial charge on any atom is -0.355 e. The third kappa shape index (κ3) is 3.56. The number of aromatic nitrogens is 2. The molecule has 2 atom stereocenters. The number of hydrogen-bond acceptors (Lipinski definition) is 5. The van der Waals surface area contributed by atoms with Crippen molar-refractivity contribution in [3.63, 3.8) is 0 Å². The van der Waals surface area contributed by atoms with E-state index in [1.807, 2.05) is 13.8 Å². The van der Waals surface area contributed by atoms with Gasteiger partial charge in [-0.3, -0.25) is 4.79 Å². The smallest absolute Gasteiger partial charge is 0.226 e. The molecule has 6 heteroatoms. The first-order chi connectivity index (χ1) is 9.53. The standard InChI is InChI=1S/C14H24N4O2/c1-3-12-17-11(18-20-12)7-9-16-13(19)10-6-4-5-8-14(10,2)15/h10H,3-9,15H2,1-2H3,(H,16,19). The fourth-order valence-corrected chi connectivity index (χ4v) is 2.74. The number of nitrogens with two attached hydrogens (primary N) is 1. The van der Waals surface area contributed by atoms with E-state index < -0.39 is 0 Å². The van der Waals surface area contributed by atoms with Crippen LogP contribution in [-0.4, -0.2) is 28.1 Å². The Balaban J connectivity index is 1.79. The van der Waals surface area contributed by atoms with Crippen LogP contribution in [0.4, 0.5) is 0 Å². The van der Waals surface area contributed by atoms with Crippen molar-refractivity contribution in [3.8, 4) is 0 Å². The fraction of sp³-hybridized carbons (Fsp3) is 0.786. The van der Waals surface area contributed by atoms with Crippen LogP contribution in [0.15, 0.2) is 4.52 Å². The summed E-state index contributed by atoms with van der Waals surface area (Å²) in [6.07, 6.45) is 5.29. The Labute approximate surface area is 119 Å². The summed E-state index contributed by atoms with van der Waals surface area (Å²) in [5.74, 6) is 1.23. The van der Waals surface area contributed by atoms with Crippen molar-refractivity contribution in [2.45, 2.75) is 57.9 Å². The average molecular weight is 280 g/mol. The molecule has 3 N–H and O–H groups in total. The van der Waals surface area contributed by atoms with E-state index in [1.54, 1.807) is 0 Å². The van der Waals surface area contributed by atoms with Crippen LogP contribution < -0.4 is 11.1 Å². The Kier molecular flexibility index (Phi) is 4.75. The number of nitrogens with zero attached hydrogens (tertiary/aromatic N) is 2. The van der Waals surface area contributed by atoms with E-state index in [-0.39, 0.29) is 17.4 Å². The fourth-order valence-electron chi connectivity index (χ4n) is 2.74. The monoisotopic (exact) mass is 280 g/mol. The Hall–Kier alpha value is -1.43. The number of carbonyl (C=O) groups excluding carboxylic acids is 1. The lowest BCUT2D eigenvalue weighted by atomic mass is 9.74. The highest BCUT2D eigenvalue weighted by molar-refractivity contribution is 5.80. The average Bonchev–Trinajstić information content (AvgIpc) is 2.86. The zero-order chi connectivity index (χ0) is 14.6. The predicted octanol–water partition coefficient (Wildman–Crippen LogP) is 1.20. The molecule has 2 unspecified atom stereocenters. The second kappa shape index (κ2) is 6.35. The van der Waals surface area contributed by atoms with Crippen LogP contribution in [0.3, 0.4) is 0 Å². The predicted molar refractivity (Wildman–Crippen MR) is 74.9 cm³/mol. The maximum Gasteiger partial charge on any atom is 0.226 e. The van der Waals surface area contributed by atoms with Gasteiger partial charge in [-0.25, -0.2) is 0 Å². The maximum absolute atomic E-state index is 12.2. The Morgan fingerprint density at radius 1 is 1.55 bits per heavy atom. The van der Waals surface area contributed by atoms with Gasteiger partial charge in [-0.2, -0.15) is 4.98 Å². The van der Waals surface area contributed by atoms with Gasteiger partial charge in [-0.15, -0.1) is 0 Å². The van der Waals surface area contributed by atoms with E-state index in [2.05, 4.69) is 15.5 Å². The number of hydrogen-bond donors (Lipinski definition) is 2. The largest absolute Gasteiger partial charge is 0.355 e. The lowest BCUT2D eigenvalue weighted by Crippen LogP contribution is -2.53. The summed E-state index contributed by atoms with van der Waals surface area (Å²) in [5, 5.41) is 6.81. The van der Waals surface area contributed by atoms with Crippen molar-refractivity contribution in [1.29, 1.82) is 0 Å². The van der Waals surface area contributed by atoms with Crippen LogP contribution in [0, 0.1) is 5.92 Å². The van der Waals surface area contributed by atoms with Crippen molar-refractivity contribution in [1.82, 2.24) is 15.5 Å². The molecule has 0 bridgehead atoms. The van der Waals surface area contributed by atoms with Gasteiger partial charge in [0.1, 0.15) is 0 Å². The van der Waals surface area contributed by atoms with Gasteiger partial charge in [0.2, 0.25) is 11.8 Å². The van der Waals surface area contributed by atoms with Crippen molar-refractivity contribution < 1.29 is 9.32 Å². The van der Waals surface area contributed by atoms with Crippen molar-refractivity contribution in [2.24, 2.45) is 11.7 Å². The van der Waals surface area contributed by atoms with Gasteiger partial charge >= 0.3 is 0 Å². The zero-order valence-corrected chi connectivity index (χ0v) is 12.3. The van der Waals surface area contributed by atoms with Gasteiger partial charge in [0.25, 0.3) is 0 Å². The number of rotatable bonds is 5. The van der Waals surface area contributed by atoms with Crippen LogP contribution >= 0.6 is 0 Å². The highest BCUT2D eigenvalue weighted by atomic mass is 16.5. The first-order valence-electron chi connectivity index (χ1n) is 7.41. The molecular weight excluding hydrogens is 256 g/mol. The maximum atomic E-state index is 12.2. The summed E-state index contributed by atoms with van der Waals surface area (Å²) in [4.78, 5) is 16.4. The normalized spacial score (nSPS) is 26.4. The van der Waals surface area contributed by atoms with Crippen LogP contribution in [0.2, 0.25) is 0 Å².